The van der Waals surface area contributed by atoms with Crippen molar-refractivity contribution in [2.75, 3.05) is 0 Å². The second kappa shape index (κ2) is 4.23. The Bertz CT molecular complexity index is 426. The Hall–Kier alpha value is -1.40. The Balaban J connectivity index is 2.37. The molecule has 0 amide bonds. The maximum absolute atomic E-state index is 10.5. The summed E-state index contributed by atoms with van der Waals surface area (Å²) in [5, 5.41) is 0. The Morgan fingerprint density at radius 3 is 2.62 bits per heavy atom. The molecule has 2 heteroatoms. The standard InChI is InChI=1S/C14H17NO/c1-11(2)9-12-5-3-4-6-13(12)14(7-8-14)15-10-16/h3-6,11H,7-9H2,1-2H3. The maximum Gasteiger partial charge on any atom is 0.235 e. The molecule has 0 aromatic heterocycles. The van der Waals surface area contributed by atoms with E-state index in [-0.39, 0.29) is 5.54 Å². The fraction of sp³-hybridized carbons (Fsp3) is 0.500. The van der Waals surface area contributed by atoms with Crippen molar-refractivity contribution in [2.24, 2.45) is 10.9 Å². The van der Waals surface area contributed by atoms with Crippen LogP contribution in [0.5, 0.6) is 0 Å². The number of nitrogens with zero attached hydrogens (tertiary/aromatic N) is 1. The first-order valence-corrected chi connectivity index (χ1v) is 5.85. The average molecular weight is 215 g/mol. The Labute approximate surface area is 96.4 Å². The van der Waals surface area contributed by atoms with Crippen molar-refractivity contribution < 1.29 is 4.79 Å². The molecule has 84 valence electrons. The minimum Gasteiger partial charge on any atom is -0.211 e. The number of rotatable bonds is 4. The van der Waals surface area contributed by atoms with E-state index in [1.165, 1.54) is 11.1 Å². The van der Waals surface area contributed by atoms with Crippen LogP contribution in [0, 0.1) is 5.92 Å². The molecule has 1 aliphatic carbocycles. The van der Waals surface area contributed by atoms with Crippen molar-refractivity contribution in [3.05, 3.63) is 35.4 Å². The van der Waals surface area contributed by atoms with Gasteiger partial charge in [-0.2, -0.15) is 4.99 Å². The van der Waals surface area contributed by atoms with Gasteiger partial charge >= 0.3 is 0 Å². The third kappa shape index (κ3) is 2.07. The van der Waals surface area contributed by atoms with E-state index >= 15 is 0 Å². The van der Waals surface area contributed by atoms with Gasteiger partial charge in [0.15, 0.2) is 0 Å². The van der Waals surface area contributed by atoms with Gasteiger partial charge in [0.2, 0.25) is 6.08 Å². The normalized spacial score (nSPS) is 16.9. The second-order valence-corrected chi connectivity index (χ2v) is 4.99. The SMILES string of the molecule is CC(C)Cc1ccccc1C1(N=C=O)CC1. The number of hydrogen-bond acceptors (Lipinski definition) is 2. The van der Waals surface area contributed by atoms with Gasteiger partial charge in [0.1, 0.15) is 0 Å². The molecular weight excluding hydrogens is 198 g/mol. The van der Waals surface area contributed by atoms with Crippen LogP contribution in [-0.4, -0.2) is 6.08 Å². The first kappa shape index (κ1) is 11.1. The van der Waals surface area contributed by atoms with E-state index in [0.717, 1.165) is 19.3 Å². The molecule has 2 nitrogen and oxygen atoms in total. The van der Waals surface area contributed by atoms with Crippen LogP contribution < -0.4 is 0 Å². The second-order valence-electron chi connectivity index (χ2n) is 4.99. The van der Waals surface area contributed by atoms with Gasteiger partial charge in [-0.1, -0.05) is 38.1 Å². The van der Waals surface area contributed by atoms with E-state index in [4.69, 9.17) is 0 Å². The molecule has 0 atom stereocenters. The number of benzene rings is 1. The topological polar surface area (TPSA) is 29.4 Å². The summed E-state index contributed by atoms with van der Waals surface area (Å²) < 4.78 is 0. The van der Waals surface area contributed by atoms with Crippen LogP contribution in [0.15, 0.2) is 29.3 Å². The van der Waals surface area contributed by atoms with Gasteiger partial charge in [0.05, 0.1) is 5.54 Å². The highest BCUT2D eigenvalue weighted by molar-refractivity contribution is 5.44. The summed E-state index contributed by atoms with van der Waals surface area (Å²) in [5.74, 6) is 0.622. The third-order valence-corrected chi connectivity index (χ3v) is 3.13. The van der Waals surface area contributed by atoms with Crippen LogP contribution in [0.25, 0.3) is 0 Å². The highest BCUT2D eigenvalue weighted by atomic mass is 16.1. The van der Waals surface area contributed by atoms with Crippen molar-refractivity contribution >= 4 is 6.08 Å². The molecule has 0 radical (unpaired) electrons. The Kier molecular flexibility index (Phi) is 2.93. The third-order valence-electron chi connectivity index (χ3n) is 3.13. The molecule has 0 unspecified atom stereocenters. The maximum atomic E-state index is 10.5. The molecule has 1 aromatic rings. The first-order valence-electron chi connectivity index (χ1n) is 5.85. The fourth-order valence-electron chi connectivity index (χ4n) is 2.24. The monoisotopic (exact) mass is 215 g/mol. The number of isocyanates is 1. The highest BCUT2D eigenvalue weighted by Gasteiger charge is 2.45. The molecule has 0 saturated heterocycles. The average Bonchev–Trinajstić information content (AvgIpc) is 2.99. The smallest absolute Gasteiger partial charge is 0.211 e. The predicted octanol–water partition coefficient (Wildman–Crippen LogP) is 3.21. The van der Waals surface area contributed by atoms with Gasteiger partial charge in [-0.05, 0) is 36.3 Å². The van der Waals surface area contributed by atoms with Gasteiger partial charge < -0.3 is 0 Å². The van der Waals surface area contributed by atoms with Crippen LogP contribution in [-0.2, 0) is 16.8 Å². The lowest BCUT2D eigenvalue weighted by atomic mass is 9.93. The lowest BCUT2D eigenvalue weighted by Gasteiger charge is -2.15. The number of carbonyl (C=O) groups excluding carboxylic acids is 1. The summed E-state index contributed by atoms with van der Waals surface area (Å²) in [4.78, 5) is 14.5. The Morgan fingerprint density at radius 1 is 1.38 bits per heavy atom. The molecule has 0 spiro atoms. The molecule has 1 fully saturated rings. The minimum atomic E-state index is -0.229. The summed E-state index contributed by atoms with van der Waals surface area (Å²) in [6.45, 7) is 4.42. The van der Waals surface area contributed by atoms with Crippen LogP contribution in [0.1, 0.15) is 37.8 Å². The zero-order valence-electron chi connectivity index (χ0n) is 9.86. The van der Waals surface area contributed by atoms with E-state index in [2.05, 4.69) is 37.0 Å². The van der Waals surface area contributed by atoms with Crippen molar-refractivity contribution in [3.63, 3.8) is 0 Å². The van der Waals surface area contributed by atoms with Gasteiger partial charge in [-0.3, -0.25) is 0 Å². The van der Waals surface area contributed by atoms with Crippen LogP contribution >= 0.6 is 0 Å². The van der Waals surface area contributed by atoms with Crippen molar-refractivity contribution in [2.45, 2.75) is 38.6 Å². The lowest BCUT2D eigenvalue weighted by molar-refractivity contribution is 0.555. The van der Waals surface area contributed by atoms with Gasteiger partial charge in [-0.25, -0.2) is 4.79 Å². The minimum absolute atomic E-state index is 0.229. The summed E-state index contributed by atoms with van der Waals surface area (Å²) in [5.41, 5.74) is 2.33. The molecule has 0 bridgehead atoms. The molecule has 16 heavy (non-hydrogen) atoms. The van der Waals surface area contributed by atoms with Crippen LogP contribution in [0.2, 0.25) is 0 Å². The van der Waals surface area contributed by atoms with E-state index in [0.29, 0.717) is 5.92 Å². The summed E-state index contributed by atoms with van der Waals surface area (Å²) in [7, 11) is 0. The van der Waals surface area contributed by atoms with Gasteiger partial charge in [-0.15, -0.1) is 0 Å². The van der Waals surface area contributed by atoms with Crippen molar-refractivity contribution in [3.8, 4) is 0 Å². The lowest BCUT2D eigenvalue weighted by Crippen LogP contribution is -2.08. The summed E-state index contributed by atoms with van der Waals surface area (Å²) in [6.07, 6.45) is 4.74. The van der Waals surface area contributed by atoms with Crippen LogP contribution in [0.4, 0.5) is 0 Å². The summed E-state index contributed by atoms with van der Waals surface area (Å²) in [6, 6.07) is 8.34. The molecule has 2 rings (SSSR count). The molecule has 0 aliphatic heterocycles. The van der Waals surface area contributed by atoms with Crippen molar-refractivity contribution in [1.82, 2.24) is 0 Å². The zero-order chi connectivity index (χ0) is 11.6. The molecular formula is C14H17NO. The van der Waals surface area contributed by atoms with E-state index < -0.39 is 0 Å². The highest BCUT2D eigenvalue weighted by Crippen LogP contribution is 2.50. The van der Waals surface area contributed by atoms with Crippen molar-refractivity contribution in [1.29, 1.82) is 0 Å². The van der Waals surface area contributed by atoms with E-state index in [1.807, 2.05) is 6.07 Å². The fourth-order valence-corrected chi connectivity index (χ4v) is 2.24. The van der Waals surface area contributed by atoms with E-state index in [1.54, 1.807) is 6.08 Å². The quantitative estimate of drug-likeness (QED) is 0.560. The molecule has 1 saturated carbocycles. The molecule has 0 heterocycles. The Morgan fingerprint density at radius 2 is 2.06 bits per heavy atom. The van der Waals surface area contributed by atoms with Crippen LogP contribution in [0.3, 0.4) is 0 Å². The summed E-state index contributed by atoms with van der Waals surface area (Å²) >= 11 is 0. The number of aliphatic imine (C=N–C) groups is 1. The molecule has 0 N–H and O–H groups in total. The predicted molar refractivity (Wildman–Crippen MR) is 64.0 cm³/mol. The molecule has 1 aromatic carbocycles. The number of hydrogen-bond donors (Lipinski definition) is 0. The zero-order valence-corrected chi connectivity index (χ0v) is 9.86. The van der Waals surface area contributed by atoms with Gasteiger partial charge in [0, 0.05) is 0 Å². The first-order chi connectivity index (χ1) is 7.68. The van der Waals surface area contributed by atoms with Gasteiger partial charge in [0.25, 0.3) is 0 Å². The largest absolute Gasteiger partial charge is 0.235 e. The molecule has 1 aliphatic rings. The van der Waals surface area contributed by atoms with E-state index in [9.17, 15) is 4.79 Å².